The molecule has 0 heterocycles. The third-order valence-corrected chi connectivity index (χ3v) is 0. The number of hydrogen-bond donors (Lipinski definition) is 3. The minimum atomic E-state index is -6.17. The molecule has 8 nitrogen and oxygen atoms in total. The number of rotatable bonds is 0. The molecule has 64 valence electrons. The predicted molar refractivity (Wildman–Crippen MR) is 24.6 cm³/mol. The molecule has 0 aromatic rings. The van der Waals surface area contributed by atoms with Crippen molar-refractivity contribution < 1.29 is 31.1 Å². The van der Waals surface area contributed by atoms with Gasteiger partial charge in [-0.05, 0) is 0 Å². The summed E-state index contributed by atoms with van der Waals surface area (Å²) in [4.78, 5) is 0. The van der Waals surface area contributed by atoms with Crippen LogP contribution < -0.4 is 26.0 Å². The van der Waals surface area contributed by atoms with E-state index in [0.29, 0.717) is 0 Å². The molecule has 0 amide bonds. The van der Waals surface area contributed by atoms with E-state index in [1.54, 1.807) is 0 Å². The summed E-state index contributed by atoms with van der Waals surface area (Å²) in [6.07, 6.45) is 0. The van der Waals surface area contributed by atoms with Crippen molar-refractivity contribution in [3.8, 4) is 0 Å². The van der Waals surface area contributed by atoms with Crippen LogP contribution in [0.3, 0.4) is 0 Å². The van der Waals surface area contributed by atoms with Crippen molar-refractivity contribution in [3.05, 3.63) is 6.15 Å². The van der Waals surface area contributed by atoms with Gasteiger partial charge in [-0.15, -0.1) is 0 Å². The van der Waals surface area contributed by atoms with E-state index >= 15 is 0 Å². The zero-order valence-corrected chi connectivity index (χ0v) is 8.55. The Kier molecular flexibility index (Phi) is 43.4. The van der Waals surface area contributed by atoms with Crippen LogP contribution in [0.25, 0.3) is 6.15 Å². The van der Waals surface area contributed by atoms with Crippen molar-refractivity contribution in [2.24, 2.45) is 0 Å². The summed E-state index contributed by atoms with van der Waals surface area (Å²) in [6.45, 7) is 0. The molecular formula is H14N4O4W. The van der Waals surface area contributed by atoms with Gasteiger partial charge >= 0.3 is 31.1 Å². The monoisotopic (exact) mass is 318 g/mol. The fourth-order valence-corrected chi connectivity index (χ4v) is 0. The zero-order chi connectivity index (χ0) is 4.50. The van der Waals surface area contributed by atoms with Crippen molar-refractivity contribution >= 4 is 0 Å². The molecule has 0 aliphatic rings. The average Bonchev–Trinajstić information content (AvgIpc) is 0.722. The molecular weight excluding hydrogens is 304 g/mol. The second-order valence-corrected chi connectivity index (χ2v) is 3.34. The molecule has 0 unspecified atom stereocenters. The number of quaternary nitrogens is 3. The summed E-state index contributed by atoms with van der Waals surface area (Å²) in [5, 5.41) is 0. The van der Waals surface area contributed by atoms with Crippen LogP contribution in [-0.2, 0) is 23.5 Å². The van der Waals surface area contributed by atoms with E-state index in [-0.39, 0.29) is 24.6 Å². The van der Waals surface area contributed by atoms with Gasteiger partial charge in [0.2, 0.25) is 0 Å². The Morgan fingerprint density at radius 1 is 0.889 bits per heavy atom. The summed E-state index contributed by atoms with van der Waals surface area (Å²) in [6, 6.07) is 0. The molecule has 0 saturated heterocycles. The summed E-state index contributed by atoms with van der Waals surface area (Å²) < 4.78 is 34.6. The Balaban J connectivity index is -0.0000000133. The number of hydrogen-bond acceptors (Lipinski definition) is 4. The molecule has 0 saturated carbocycles. The van der Waals surface area contributed by atoms with Crippen molar-refractivity contribution in [3.63, 3.8) is 0 Å². The van der Waals surface area contributed by atoms with Gasteiger partial charge in [-0.1, -0.05) is 0 Å². The van der Waals surface area contributed by atoms with Crippen molar-refractivity contribution in [1.29, 1.82) is 0 Å². The maximum absolute atomic E-state index is 8.65. The fourth-order valence-electron chi connectivity index (χ4n) is 0. The van der Waals surface area contributed by atoms with Crippen LogP contribution in [0.15, 0.2) is 0 Å². The molecule has 14 N–H and O–H groups in total. The molecule has 9 heavy (non-hydrogen) atoms. The van der Waals surface area contributed by atoms with Gasteiger partial charge in [0, 0.05) is 0 Å². The predicted octanol–water partition coefficient (Wildman–Crippen LogP) is -0.772. The standard InChI is InChI=1S/3H3N.H2N.4O.W/h3*1H3;1H2;;;;;/q;;;-1;;;2*-1;/p+3. The SMILES string of the molecule is [NH2-].[NH4+].[NH4+].[NH4+].[O]=[W](=[O])([O-])[O-]. The molecule has 0 atom stereocenters. The van der Waals surface area contributed by atoms with E-state index in [1.807, 2.05) is 0 Å². The summed E-state index contributed by atoms with van der Waals surface area (Å²) in [5.41, 5.74) is 0. The topological polar surface area (TPSA) is 223 Å². The molecule has 0 aliphatic heterocycles. The summed E-state index contributed by atoms with van der Waals surface area (Å²) >= 11 is -6.17. The van der Waals surface area contributed by atoms with Crippen molar-refractivity contribution in [2.75, 3.05) is 0 Å². The van der Waals surface area contributed by atoms with E-state index < -0.39 is 16.7 Å². The second-order valence-electron chi connectivity index (χ2n) is 0.408. The zero-order valence-electron chi connectivity index (χ0n) is 5.62. The average molecular weight is 318 g/mol. The Morgan fingerprint density at radius 2 is 0.889 bits per heavy atom. The van der Waals surface area contributed by atoms with Gasteiger partial charge in [0.25, 0.3) is 0 Å². The third-order valence-electron chi connectivity index (χ3n) is 0. The minimum absolute atomic E-state index is 0. The van der Waals surface area contributed by atoms with Crippen LogP contribution in [0.4, 0.5) is 0 Å². The molecule has 0 bridgehead atoms. The molecule has 9 heteroatoms. The Labute approximate surface area is 56.3 Å². The molecule has 0 rings (SSSR count). The molecule has 0 radical (unpaired) electrons. The van der Waals surface area contributed by atoms with Crippen LogP contribution >= 0.6 is 0 Å². The molecule has 0 aliphatic carbocycles. The van der Waals surface area contributed by atoms with Crippen LogP contribution in [-0.4, -0.2) is 0 Å². The van der Waals surface area contributed by atoms with Crippen LogP contribution in [0.1, 0.15) is 0 Å². The Morgan fingerprint density at radius 3 is 0.889 bits per heavy atom. The van der Waals surface area contributed by atoms with Crippen molar-refractivity contribution in [1.82, 2.24) is 18.5 Å². The first-order valence-corrected chi connectivity index (χ1v) is 5.46. The quantitative estimate of drug-likeness (QED) is 0.522. The molecule has 0 fully saturated rings. The van der Waals surface area contributed by atoms with E-state index in [4.69, 9.17) is 14.3 Å². The van der Waals surface area contributed by atoms with Gasteiger partial charge in [0.15, 0.2) is 0 Å². The first-order valence-electron chi connectivity index (χ1n) is 0.667. The second kappa shape index (κ2) is 10.9. The van der Waals surface area contributed by atoms with Crippen LogP contribution in [0, 0.1) is 0 Å². The van der Waals surface area contributed by atoms with Gasteiger partial charge in [-0.25, -0.2) is 0 Å². The van der Waals surface area contributed by atoms with Crippen LogP contribution in [0.2, 0.25) is 0 Å². The normalized spacial score (nSPS) is 6.44. The van der Waals surface area contributed by atoms with E-state index in [1.165, 1.54) is 0 Å². The van der Waals surface area contributed by atoms with E-state index in [2.05, 4.69) is 0 Å². The molecule has 0 aromatic heterocycles. The first kappa shape index (κ1) is 35.8. The fraction of sp³-hybridized carbons (Fsp3) is 0. The van der Waals surface area contributed by atoms with Gasteiger partial charge in [0.05, 0.1) is 0 Å². The van der Waals surface area contributed by atoms with Gasteiger partial charge in [-0.3, -0.25) is 0 Å². The van der Waals surface area contributed by atoms with Gasteiger partial charge in [-0.2, -0.15) is 0 Å². The van der Waals surface area contributed by atoms with Gasteiger partial charge < -0.3 is 24.6 Å². The van der Waals surface area contributed by atoms with Gasteiger partial charge in [0.1, 0.15) is 0 Å². The van der Waals surface area contributed by atoms with Crippen LogP contribution in [0.5, 0.6) is 0 Å². The van der Waals surface area contributed by atoms with E-state index in [9.17, 15) is 0 Å². The molecule has 0 spiro atoms. The first-order chi connectivity index (χ1) is 2.00. The summed E-state index contributed by atoms with van der Waals surface area (Å²) in [5.74, 6) is 0. The molecule has 0 aromatic carbocycles. The number of nitrogens with two attached hydrogens (primary N) is 1. The maximum atomic E-state index is 8.65. The summed E-state index contributed by atoms with van der Waals surface area (Å²) in [7, 11) is 0. The van der Waals surface area contributed by atoms with E-state index in [0.717, 1.165) is 0 Å². The Hall–Kier alpha value is 0.0483. The Bertz CT molecular complexity index is 95.7. The van der Waals surface area contributed by atoms with Crippen molar-refractivity contribution in [2.45, 2.75) is 0 Å². The third kappa shape index (κ3) is 126000.